The molecule has 0 amide bonds. The van der Waals surface area contributed by atoms with Gasteiger partial charge in [-0.3, -0.25) is 19.2 Å². The summed E-state index contributed by atoms with van der Waals surface area (Å²) in [7, 11) is 0. The van der Waals surface area contributed by atoms with Gasteiger partial charge in [-0.05, 0) is 31.4 Å². The van der Waals surface area contributed by atoms with E-state index in [1.54, 1.807) is 13.0 Å². The van der Waals surface area contributed by atoms with E-state index >= 15 is 0 Å². The third kappa shape index (κ3) is 4.36. The Balaban J connectivity index is 2.04. The number of hydrogen-bond donors (Lipinski definition) is 1. The third-order valence-corrected chi connectivity index (χ3v) is 8.90. The number of fused-ring (bicyclic) bond motifs is 3. The second kappa shape index (κ2) is 9.39. The van der Waals surface area contributed by atoms with Gasteiger partial charge < -0.3 is 28.8 Å². The van der Waals surface area contributed by atoms with E-state index in [-0.39, 0.29) is 12.2 Å². The van der Waals surface area contributed by atoms with Gasteiger partial charge in [-0.15, -0.1) is 11.6 Å². The molecule has 4 aliphatic rings. The van der Waals surface area contributed by atoms with Gasteiger partial charge in [0.25, 0.3) is 0 Å². The number of carbonyl (C=O) groups excluding carboxylic acids is 4. The van der Waals surface area contributed by atoms with Crippen molar-refractivity contribution >= 4 is 35.5 Å². The molecule has 11 heteroatoms. The number of esters is 4. The Morgan fingerprint density at radius 3 is 2.27 bits per heavy atom. The van der Waals surface area contributed by atoms with E-state index in [1.165, 1.54) is 33.8 Å². The monoisotopic (exact) mass is 540 g/mol. The molecule has 1 spiro atoms. The summed E-state index contributed by atoms with van der Waals surface area (Å²) >= 11 is 6.70. The van der Waals surface area contributed by atoms with Crippen molar-refractivity contribution in [3.63, 3.8) is 0 Å². The Labute approximate surface area is 220 Å². The number of ether oxygens (including phenoxy) is 5. The Kier molecular flexibility index (Phi) is 7.01. The average Bonchev–Trinajstić information content (AvgIpc) is 3.53. The molecule has 10 atom stereocenters. The van der Waals surface area contributed by atoms with Crippen molar-refractivity contribution in [2.24, 2.45) is 17.3 Å². The third-order valence-electron chi connectivity index (χ3n) is 8.39. The second-order valence-corrected chi connectivity index (χ2v) is 11.2. The number of epoxide rings is 1. The van der Waals surface area contributed by atoms with Crippen LogP contribution in [0.4, 0.5) is 0 Å². The predicted molar refractivity (Wildman–Crippen MR) is 128 cm³/mol. The molecule has 0 aromatic rings. The molecule has 4 rings (SSSR count). The minimum atomic E-state index is -2.12. The molecular formula is C26H33ClO10. The van der Waals surface area contributed by atoms with Gasteiger partial charge in [0.05, 0.1) is 28.9 Å². The van der Waals surface area contributed by atoms with Crippen molar-refractivity contribution in [1.29, 1.82) is 0 Å². The lowest BCUT2D eigenvalue weighted by atomic mass is 9.53. The molecule has 3 fully saturated rings. The highest BCUT2D eigenvalue weighted by Gasteiger charge is 2.75. The van der Waals surface area contributed by atoms with Crippen LogP contribution in [-0.4, -0.2) is 76.6 Å². The molecule has 0 bridgehead atoms. The summed E-state index contributed by atoms with van der Waals surface area (Å²) in [6.07, 6.45) is -0.716. The summed E-state index contributed by atoms with van der Waals surface area (Å²) < 4.78 is 29.0. The first kappa shape index (κ1) is 27.6. The Morgan fingerprint density at radius 1 is 1.14 bits per heavy atom. The molecule has 0 radical (unpaired) electrons. The molecule has 1 saturated carbocycles. The van der Waals surface area contributed by atoms with Gasteiger partial charge in [-0.2, -0.15) is 0 Å². The molecule has 0 unspecified atom stereocenters. The topological polar surface area (TPSA) is 138 Å². The minimum absolute atomic E-state index is 0.259. The summed E-state index contributed by atoms with van der Waals surface area (Å²) in [5, 5.41) is 11.3. The van der Waals surface area contributed by atoms with Gasteiger partial charge >= 0.3 is 23.9 Å². The molecule has 2 aliphatic heterocycles. The van der Waals surface area contributed by atoms with E-state index in [1.807, 2.05) is 0 Å². The van der Waals surface area contributed by atoms with E-state index < -0.39 is 82.1 Å². The van der Waals surface area contributed by atoms with Crippen LogP contribution in [-0.2, 0) is 42.9 Å². The van der Waals surface area contributed by atoms with Crippen LogP contribution < -0.4 is 0 Å². The van der Waals surface area contributed by atoms with Crippen LogP contribution in [0.25, 0.3) is 0 Å². The van der Waals surface area contributed by atoms with Crippen molar-refractivity contribution in [1.82, 2.24) is 0 Å². The van der Waals surface area contributed by atoms with Gasteiger partial charge in [0.2, 0.25) is 0 Å². The van der Waals surface area contributed by atoms with E-state index in [9.17, 15) is 24.3 Å². The number of alkyl halides is 1. The maximum atomic E-state index is 12.9. The highest BCUT2D eigenvalue weighted by Crippen LogP contribution is 2.62. The van der Waals surface area contributed by atoms with Gasteiger partial charge in [0.1, 0.15) is 18.3 Å². The summed E-state index contributed by atoms with van der Waals surface area (Å²) in [5.41, 5.74) is -4.05. The fourth-order valence-electron chi connectivity index (χ4n) is 6.49. The van der Waals surface area contributed by atoms with Gasteiger partial charge in [0.15, 0.2) is 11.7 Å². The highest BCUT2D eigenvalue weighted by molar-refractivity contribution is 6.23. The van der Waals surface area contributed by atoms with E-state index in [0.717, 1.165) is 0 Å². The second-order valence-electron chi connectivity index (χ2n) is 10.7. The normalized spacial score (nSPS) is 45.6. The number of allylic oxidation sites excluding steroid dienone is 1. The summed E-state index contributed by atoms with van der Waals surface area (Å²) in [6.45, 7) is 11.1. The van der Waals surface area contributed by atoms with Crippen LogP contribution in [0.1, 0.15) is 47.5 Å². The maximum absolute atomic E-state index is 12.9. The van der Waals surface area contributed by atoms with E-state index in [0.29, 0.717) is 12.8 Å². The van der Waals surface area contributed by atoms with Crippen molar-refractivity contribution in [3.05, 3.63) is 24.3 Å². The van der Waals surface area contributed by atoms with Crippen molar-refractivity contribution < 1.29 is 48.0 Å². The largest absolute Gasteiger partial charge is 0.462 e. The quantitative estimate of drug-likeness (QED) is 0.245. The molecule has 1 N–H and O–H groups in total. The van der Waals surface area contributed by atoms with Crippen molar-refractivity contribution in [3.8, 4) is 0 Å². The van der Waals surface area contributed by atoms with Crippen molar-refractivity contribution in [2.75, 3.05) is 6.61 Å². The van der Waals surface area contributed by atoms with Crippen LogP contribution in [0.15, 0.2) is 24.3 Å². The lowest BCUT2D eigenvalue weighted by Gasteiger charge is -2.56. The van der Waals surface area contributed by atoms with Crippen molar-refractivity contribution in [2.45, 2.75) is 88.5 Å². The minimum Gasteiger partial charge on any atom is -0.462 e. The highest BCUT2D eigenvalue weighted by atomic mass is 35.5. The SMILES string of the molecule is C=C1/C=C\[C@H](OC(C)=O)[C@@]2(C)[C@@H](OC(C)=O)CC[C@]3(CO3)[C@@H]2[C@H](OC(C)=O)[C@]2(O)[C@@H](C)C(=O)O[C@H]2[C@H]1Cl. The average molecular weight is 541 g/mol. The number of aliphatic hydroxyl groups is 1. The smallest absolute Gasteiger partial charge is 0.312 e. The zero-order valence-corrected chi connectivity index (χ0v) is 22.3. The number of rotatable bonds is 3. The first-order valence-corrected chi connectivity index (χ1v) is 12.7. The zero-order valence-electron chi connectivity index (χ0n) is 21.5. The molecule has 37 heavy (non-hydrogen) atoms. The van der Waals surface area contributed by atoms with Crippen LogP contribution in [0.5, 0.6) is 0 Å². The Morgan fingerprint density at radius 2 is 1.73 bits per heavy atom. The molecular weight excluding hydrogens is 508 g/mol. The zero-order chi connectivity index (χ0) is 27.5. The molecule has 2 heterocycles. The van der Waals surface area contributed by atoms with Crippen LogP contribution in [0.3, 0.4) is 0 Å². The summed E-state index contributed by atoms with van der Waals surface area (Å²) in [4.78, 5) is 49.9. The molecule has 10 nitrogen and oxygen atoms in total. The summed E-state index contributed by atoms with van der Waals surface area (Å²) in [5.74, 6) is -4.66. The van der Waals surface area contributed by atoms with E-state index in [4.69, 9.17) is 35.3 Å². The van der Waals surface area contributed by atoms with E-state index in [2.05, 4.69) is 6.58 Å². The summed E-state index contributed by atoms with van der Waals surface area (Å²) in [6, 6.07) is 0. The maximum Gasteiger partial charge on any atom is 0.312 e. The van der Waals surface area contributed by atoms with Gasteiger partial charge in [0, 0.05) is 26.7 Å². The lowest BCUT2D eigenvalue weighted by molar-refractivity contribution is -0.238. The Hall–Kier alpha value is -2.43. The predicted octanol–water partition coefficient (Wildman–Crippen LogP) is 1.99. The van der Waals surface area contributed by atoms with Gasteiger partial charge in [-0.1, -0.05) is 19.6 Å². The van der Waals surface area contributed by atoms with Gasteiger partial charge in [-0.25, -0.2) is 0 Å². The fraction of sp³-hybridized carbons (Fsp3) is 0.692. The molecule has 204 valence electrons. The molecule has 0 aromatic heterocycles. The first-order chi connectivity index (χ1) is 17.2. The first-order valence-electron chi connectivity index (χ1n) is 12.3. The number of hydrogen-bond acceptors (Lipinski definition) is 10. The molecule has 0 aromatic carbocycles. The van der Waals surface area contributed by atoms with Crippen LogP contribution >= 0.6 is 11.6 Å². The fourth-order valence-corrected chi connectivity index (χ4v) is 6.82. The molecule has 2 saturated heterocycles. The number of carbonyl (C=O) groups is 4. The van der Waals surface area contributed by atoms with Crippen LogP contribution in [0, 0.1) is 17.3 Å². The van der Waals surface area contributed by atoms with Crippen LogP contribution in [0.2, 0.25) is 0 Å². The Bertz CT molecular complexity index is 1050. The lowest BCUT2D eigenvalue weighted by Crippen LogP contribution is -2.70. The molecule has 2 aliphatic carbocycles. The standard InChI is InChI=1S/C26H33ClO10/c1-12-7-8-17(34-14(3)28)24(6)18(35-15(4)29)9-10-25(11-33-25)20(24)22(36-16(5)30)26(32)13(2)23(31)37-21(26)19(12)27/h7-8,13,17-22,32H,1,9-11H2,2-6H3/b8-7-/t13-,17-,18-,19-,20+,21-,22-,24-,25-,26-/m0/s1. The number of halogens is 1.